The molecular weight excluding hydrogens is 362 g/mol. The predicted octanol–water partition coefficient (Wildman–Crippen LogP) is 1.85. The molecule has 0 radical (unpaired) electrons. The fourth-order valence-electron chi connectivity index (χ4n) is 3.16. The highest BCUT2D eigenvalue weighted by Gasteiger charge is 2.19. The fraction of sp³-hybridized carbons (Fsp3) is 0.350. The second-order valence-electron chi connectivity index (χ2n) is 6.89. The maximum absolute atomic E-state index is 12.3. The number of rotatable bonds is 6. The van der Waals surface area contributed by atoms with E-state index in [-0.39, 0.29) is 10.8 Å². The van der Waals surface area contributed by atoms with Gasteiger partial charge in [0, 0.05) is 44.7 Å². The molecule has 0 unspecified atom stereocenters. The molecule has 0 bridgehead atoms. The molecule has 1 N–H and O–H groups in total. The molecular formula is C20H25N3O3S. The van der Waals surface area contributed by atoms with E-state index in [2.05, 4.69) is 39.4 Å². The Morgan fingerprint density at radius 2 is 1.63 bits per heavy atom. The highest BCUT2D eigenvalue weighted by Crippen LogP contribution is 2.15. The number of carbonyl (C=O) groups excluding carboxylic acids is 1. The third-order valence-corrected chi connectivity index (χ3v) is 5.74. The number of benzene rings is 2. The van der Waals surface area contributed by atoms with Crippen molar-refractivity contribution in [3.63, 3.8) is 0 Å². The predicted molar refractivity (Wildman–Crippen MR) is 106 cm³/mol. The summed E-state index contributed by atoms with van der Waals surface area (Å²) in [5.41, 5.74) is 1.81. The summed E-state index contributed by atoms with van der Waals surface area (Å²) in [6, 6.07) is 16.7. The molecule has 1 amide bonds. The largest absolute Gasteiger partial charge is 0.325 e. The lowest BCUT2D eigenvalue weighted by Crippen LogP contribution is -2.48. The van der Waals surface area contributed by atoms with Gasteiger partial charge in [0.25, 0.3) is 0 Å². The van der Waals surface area contributed by atoms with Crippen LogP contribution in [0.15, 0.2) is 59.5 Å². The summed E-state index contributed by atoms with van der Waals surface area (Å²) >= 11 is 0. The molecule has 6 nitrogen and oxygen atoms in total. The van der Waals surface area contributed by atoms with Crippen molar-refractivity contribution in [1.82, 2.24) is 9.80 Å². The summed E-state index contributed by atoms with van der Waals surface area (Å²) in [7, 11) is -3.29. The van der Waals surface area contributed by atoms with Gasteiger partial charge in [-0.3, -0.25) is 14.6 Å². The third-order valence-electron chi connectivity index (χ3n) is 4.63. The maximum atomic E-state index is 12.3. The van der Waals surface area contributed by atoms with Gasteiger partial charge < -0.3 is 5.32 Å². The summed E-state index contributed by atoms with van der Waals surface area (Å²) < 4.78 is 23.2. The first-order valence-corrected chi connectivity index (χ1v) is 10.9. The van der Waals surface area contributed by atoms with Gasteiger partial charge in [0.05, 0.1) is 11.4 Å². The van der Waals surface area contributed by atoms with Crippen molar-refractivity contribution < 1.29 is 13.2 Å². The first kappa shape index (κ1) is 19.5. The third kappa shape index (κ3) is 5.89. The van der Waals surface area contributed by atoms with Gasteiger partial charge in [-0.2, -0.15) is 0 Å². The molecule has 3 rings (SSSR count). The van der Waals surface area contributed by atoms with E-state index in [9.17, 15) is 13.2 Å². The van der Waals surface area contributed by atoms with Gasteiger partial charge in [0.2, 0.25) is 5.91 Å². The molecule has 144 valence electrons. The average Bonchev–Trinajstić information content (AvgIpc) is 2.64. The number of hydrogen-bond donors (Lipinski definition) is 1. The van der Waals surface area contributed by atoms with Gasteiger partial charge in [-0.1, -0.05) is 36.4 Å². The highest BCUT2D eigenvalue weighted by molar-refractivity contribution is 7.90. The van der Waals surface area contributed by atoms with Crippen LogP contribution in [0.4, 0.5) is 5.69 Å². The van der Waals surface area contributed by atoms with Crippen molar-refractivity contribution in [2.45, 2.75) is 11.4 Å². The topological polar surface area (TPSA) is 69.7 Å². The Bertz CT molecular complexity index is 876. The number of anilines is 1. The molecule has 0 atom stereocenters. The Morgan fingerprint density at radius 1 is 0.963 bits per heavy atom. The van der Waals surface area contributed by atoms with Crippen LogP contribution >= 0.6 is 0 Å². The van der Waals surface area contributed by atoms with E-state index in [4.69, 9.17) is 0 Å². The van der Waals surface area contributed by atoms with Crippen molar-refractivity contribution >= 4 is 21.4 Å². The van der Waals surface area contributed by atoms with Gasteiger partial charge >= 0.3 is 0 Å². The lowest BCUT2D eigenvalue weighted by Gasteiger charge is -2.34. The van der Waals surface area contributed by atoms with E-state index in [1.165, 1.54) is 17.7 Å². The molecule has 1 heterocycles. The van der Waals surface area contributed by atoms with Crippen LogP contribution in [0.3, 0.4) is 0 Å². The molecule has 0 aliphatic carbocycles. The number of hydrogen-bond acceptors (Lipinski definition) is 5. The minimum absolute atomic E-state index is 0.128. The highest BCUT2D eigenvalue weighted by atomic mass is 32.2. The first-order chi connectivity index (χ1) is 12.9. The van der Waals surface area contributed by atoms with Crippen LogP contribution in [-0.4, -0.2) is 63.1 Å². The zero-order valence-electron chi connectivity index (χ0n) is 15.5. The van der Waals surface area contributed by atoms with Crippen LogP contribution in [0.1, 0.15) is 5.56 Å². The number of nitrogens with one attached hydrogen (secondary N) is 1. The van der Waals surface area contributed by atoms with E-state index < -0.39 is 9.84 Å². The second-order valence-corrected chi connectivity index (χ2v) is 8.90. The Balaban J connectivity index is 1.47. The molecule has 27 heavy (non-hydrogen) atoms. The fourth-order valence-corrected chi connectivity index (χ4v) is 3.82. The summed E-state index contributed by atoms with van der Waals surface area (Å²) in [6.45, 7) is 4.76. The van der Waals surface area contributed by atoms with Crippen molar-refractivity contribution in [3.8, 4) is 0 Å². The standard InChI is InChI=1S/C20H25N3O3S/c1-27(25,26)19-9-5-8-18(14-19)21-20(24)16-23-12-10-22(11-13-23)15-17-6-3-2-4-7-17/h2-9,14H,10-13,15-16H2,1H3,(H,21,24). The van der Waals surface area contributed by atoms with Crippen molar-refractivity contribution in [2.24, 2.45) is 0 Å². The van der Waals surface area contributed by atoms with E-state index in [1.54, 1.807) is 12.1 Å². The average molecular weight is 388 g/mol. The monoisotopic (exact) mass is 387 g/mol. The van der Waals surface area contributed by atoms with E-state index in [0.29, 0.717) is 12.2 Å². The van der Waals surface area contributed by atoms with Crippen LogP contribution in [0.2, 0.25) is 0 Å². The van der Waals surface area contributed by atoms with Crippen molar-refractivity contribution in [3.05, 3.63) is 60.2 Å². The van der Waals surface area contributed by atoms with Gasteiger partial charge in [-0.25, -0.2) is 8.42 Å². The maximum Gasteiger partial charge on any atom is 0.238 e. The zero-order valence-corrected chi connectivity index (χ0v) is 16.3. The van der Waals surface area contributed by atoms with Crippen LogP contribution in [-0.2, 0) is 21.2 Å². The quantitative estimate of drug-likeness (QED) is 0.819. The molecule has 1 fully saturated rings. The van der Waals surface area contributed by atoms with Crippen molar-refractivity contribution in [1.29, 1.82) is 0 Å². The van der Waals surface area contributed by atoms with Gasteiger partial charge in [-0.05, 0) is 23.8 Å². The van der Waals surface area contributed by atoms with E-state index in [0.717, 1.165) is 39.0 Å². The summed E-state index contributed by atoms with van der Waals surface area (Å²) in [5.74, 6) is -0.128. The molecule has 0 spiro atoms. The van der Waals surface area contributed by atoms with Gasteiger partial charge in [0.15, 0.2) is 9.84 Å². The van der Waals surface area contributed by atoms with Gasteiger partial charge in [-0.15, -0.1) is 0 Å². The minimum atomic E-state index is -3.29. The normalized spacial score (nSPS) is 16.2. The van der Waals surface area contributed by atoms with Crippen LogP contribution in [0.5, 0.6) is 0 Å². The summed E-state index contributed by atoms with van der Waals surface area (Å²) in [6.07, 6.45) is 1.16. The van der Waals surface area contributed by atoms with Crippen LogP contribution in [0.25, 0.3) is 0 Å². The Hall–Kier alpha value is -2.22. The molecule has 2 aromatic rings. The molecule has 1 aliphatic rings. The van der Waals surface area contributed by atoms with Crippen LogP contribution < -0.4 is 5.32 Å². The van der Waals surface area contributed by atoms with E-state index >= 15 is 0 Å². The Kier molecular flexibility index (Phi) is 6.26. The number of sulfone groups is 1. The van der Waals surface area contributed by atoms with E-state index in [1.807, 2.05) is 6.07 Å². The molecule has 1 saturated heterocycles. The summed E-state index contributed by atoms with van der Waals surface area (Å²) in [5, 5.41) is 2.79. The Morgan fingerprint density at radius 3 is 2.30 bits per heavy atom. The molecule has 2 aromatic carbocycles. The number of piperazine rings is 1. The molecule has 1 aliphatic heterocycles. The van der Waals surface area contributed by atoms with Crippen LogP contribution in [0, 0.1) is 0 Å². The van der Waals surface area contributed by atoms with Crippen molar-refractivity contribution in [2.75, 3.05) is 44.3 Å². The molecule has 0 aromatic heterocycles. The zero-order chi connectivity index (χ0) is 19.3. The smallest absolute Gasteiger partial charge is 0.238 e. The Labute approximate surface area is 160 Å². The second kappa shape index (κ2) is 8.65. The van der Waals surface area contributed by atoms with Gasteiger partial charge in [0.1, 0.15) is 0 Å². The SMILES string of the molecule is CS(=O)(=O)c1cccc(NC(=O)CN2CCN(Cc3ccccc3)CC2)c1. The number of carbonyl (C=O) groups is 1. The number of nitrogens with zero attached hydrogens (tertiary/aromatic N) is 2. The minimum Gasteiger partial charge on any atom is -0.325 e. The first-order valence-electron chi connectivity index (χ1n) is 8.99. The summed E-state index contributed by atoms with van der Waals surface area (Å²) in [4.78, 5) is 17.0. The molecule has 7 heteroatoms. The number of amides is 1. The molecule has 0 saturated carbocycles. The lowest BCUT2D eigenvalue weighted by atomic mass is 10.2. The lowest BCUT2D eigenvalue weighted by molar-refractivity contribution is -0.117.